The van der Waals surface area contributed by atoms with Gasteiger partial charge in [0.25, 0.3) is 0 Å². The van der Waals surface area contributed by atoms with Crippen molar-refractivity contribution in [3.63, 3.8) is 0 Å². The van der Waals surface area contributed by atoms with Gasteiger partial charge in [0.1, 0.15) is 11.8 Å². The highest BCUT2D eigenvalue weighted by Gasteiger charge is 2.34. The summed E-state index contributed by atoms with van der Waals surface area (Å²) >= 11 is 0. The third kappa shape index (κ3) is 3.65. The Morgan fingerprint density at radius 1 is 0.933 bits per heavy atom. The van der Waals surface area contributed by atoms with Gasteiger partial charge < -0.3 is 14.5 Å². The quantitative estimate of drug-likeness (QED) is 0.594. The third-order valence-corrected chi connectivity index (χ3v) is 5.94. The Hall–Kier alpha value is -3.27. The molecule has 154 valence electrons. The summed E-state index contributed by atoms with van der Waals surface area (Å²) in [5.74, 6) is 0.861. The number of aryl methyl sites for hydroxylation is 2. The maximum Gasteiger partial charge on any atom is 0.250 e. The smallest absolute Gasteiger partial charge is 0.250 e. The Morgan fingerprint density at radius 3 is 1.97 bits per heavy atom. The number of carbonyl (C=O) groups is 1. The Morgan fingerprint density at radius 2 is 1.47 bits per heavy atom. The van der Waals surface area contributed by atoms with Crippen molar-refractivity contribution < 1.29 is 9.53 Å². The van der Waals surface area contributed by atoms with Crippen molar-refractivity contribution in [3.8, 4) is 5.75 Å². The van der Waals surface area contributed by atoms with Gasteiger partial charge in [-0.05, 0) is 60.7 Å². The minimum Gasteiger partial charge on any atom is -0.497 e. The van der Waals surface area contributed by atoms with Crippen LogP contribution in [-0.2, 0) is 17.6 Å². The van der Waals surface area contributed by atoms with Gasteiger partial charge in [0, 0.05) is 25.0 Å². The van der Waals surface area contributed by atoms with Crippen molar-refractivity contribution in [1.82, 2.24) is 4.90 Å². The van der Waals surface area contributed by atoms with E-state index in [9.17, 15) is 4.79 Å². The van der Waals surface area contributed by atoms with Crippen molar-refractivity contribution in [1.29, 1.82) is 0 Å². The first-order valence-corrected chi connectivity index (χ1v) is 10.5. The Kier molecular flexibility index (Phi) is 5.75. The fraction of sp³-hybridized carbons (Fsp3) is 0.269. The second-order valence-electron chi connectivity index (χ2n) is 7.66. The highest BCUT2D eigenvalue weighted by Crippen LogP contribution is 2.42. The lowest BCUT2D eigenvalue weighted by atomic mass is 10.00. The zero-order valence-electron chi connectivity index (χ0n) is 17.8. The number of fused-ring (bicyclic) bond motifs is 2. The lowest BCUT2D eigenvalue weighted by Crippen LogP contribution is -2.40. The summed E-state index contributed by atoms with van der Waals surface area (Å²) < 4.78 is 5.35. The molecule has 1 aliphatic rings. The molecule has 0 aliphatic carbocycles. The number of rotatable bonds is 5. The van der Waals surface area contributed by atoms with E-state index in [0.717, 1.165) is 35.5 Å². The fourth-order valence-corrected chi connectivity index (χ4v) is 4.14. The molecule has 0 aromatic heterocycles. The summed E-state index contributed by atoms with van der Waals surface area (Å²) in [7, 11) is 3.53. The summed E-state index contributed by atoms with van der Waals surface area (Å²) in [6.45, 7) is 2.66. The van der Waals surface area contributed by atoms with Gasteiger partial charge in [-0.3, -0.25) is 4.79 Å². The predicted molar refractivity (Wildman–Crippen MR) is 121 cm³/mol. The molecule has 1 heterocycles. The number of amides is 1. The fourth-order valence-electron chi connectivity index (χ4n) is 4.14. The average Bonchev–Trinajstić information content (AvgIpc) is 2.96. The number of methoxy groups -OCH3 is 1. The van der Waals surface area contributed by atoms with Crippen LogP contribution >= 0.6 is 0 Å². The van der Waals surface area contributed by atoms with Gasteiger partial charge in [0.05, 0.1) is 7.11 Å². The number of benzene rings is 3. The molecular formula is C26H28N2O2. The molecule has 4 nitrogen and oxygen atoms in total. The number of anilines is 2. The standard InChI is InChI=1S/C26H28N2O2/c1-4-27(2)26(29)25(21-15-17-22(30-3)18-16-21)28-23-11-7-5-9-19(23)13-14-20-10-6-8-12-24(20)28/h5-12,15-18,25H,4,13-14H2,1-3H3. The van der Waals surface area contributed by atoms with E-state index >= 15 is 0 Å². The molecule has 4 rings (SSSR count). The van der Waals surface area contributed by atoms with Crippen LogP contribution in [0.4, 0.5) is 11.4 Å². The van der Waals surface area contributed by atoms with Crippen LogP contribution in [0.15, 0.2) is 72.8 Å². The molecule has 0 spiro atoms. The first-order valence-electron chi connectivity index (χ1n) is 10.5. The van der Waals surface area contributed by atoms with Crippen LogP contribution < -0.4 is 9.64 Å². The molecule has 1 unspecified atom stereocenters. The molecule has 0 radical (unpaired) electrons. The zero-order valence-corrected chi connectivity index (χ0v) is 17.8. The minimum absolute atomic E-state index is 0.0779. The Bertz CT molecular complexity index is 982. The number of para-hydroxylation sites is 2. The van der Waals surface area contributed by atoms with E-state index < -0.39 is 6.04 Å². The van der Waals surface area contributed by atoms with Crippen LogP contribution in [0.25, 0.3) is 0 Å². The maximum absolute atomic E-state index is 13.7. The Balaban J connectivity index is 1.94. The summed E-state index contributed by atoms with van der Waals surface area (Å²) in [5.41, 5.74) is 5.67. The first kappa shape index (κ1) is 20.0. The molecule has 3 aromatic carbocycles. The molecular weight excluding hydrogens is 372 g/mol. The van der Waals surface area contributed by atoms with E-state index in [1.807, 2.05) is 38.2 Å². The van der Waals surface area contributed by atoms with Gasteiger partial charge in [-0.2, -0.15) is 0 Å². The number of hydrogen-bond donors (Lipinski definition) is 0. The highest BCUT2D eigenvalue weighted by molar-refractivity contribution is 5.90. The van der Waals surface area contributed by atoms with E-state index in [2.05, 4.69) is 53.4 Å². The second kappa shape index (κ2) is 8.62. The number of ether oxygens (including phenoxy) is 1. The van der Waals surface area contributed by atoms with Crippen molar-refractivity contribution in [2.24, 2.45) is 0 Å². The molecule has 3 aromatic rings. The van der Waals surface area contributed by atoms with Gasteiger partial charge >= 0.3 is 0 Å². The lowest BCUT2D eigenvalue weighted by Gasteiger charge is -2.36. The topological polar surface area (TPSA) is 32.8 Å². The van der Waals surface area contributed by atoms with Crippen LogP contribution in [-0.4, -0.2) is 31.5 Å². The average molecular weight is 401 g/mol. The molecule has 30 heavy (non-hydrogen) atoms. The normalized spacial score (nSPS) is 13.6. The zero-order chi connectivity index (χ0) is 21.1. The molecule has 0 saturated heterocycles. The van der Waals surface area contributed by atoms with Crippen LogP contribution in [0.2, 0.25) is 0 Å². The van der Waals surface area contributed by atoms with Crippen LogP contribution in [0.1, 0.15) is 29.7 Å². The number of carbonyl (C=O) groups excluding carboxylic acids is 1. The molecule has 1 amide bonds. The van der Waals surface area contributed by atoms with Gasteiger partial charge in [0.2, 0.25) is 5.91 Å². The second-order valence-corrected chi connectivity index (χ2v) is 7.66. The van der Waals surface area contributed by atoms with E-state index in [4.69, 9.17) is 4.74 Å². The largest absolute Gasteiger partial charge is 0.497 e. The van der Waals surface area contributed by atoms with E-state index in [1.165, 1.54) is 11.1 Å². The van der Waals surface area contributed by atoms with Crippen molar-refractivity contribution in [2.45, 2.75) is 25.8 Å². The molecule has 0 bridgehead atoms. The third-order valence-electron chi connectivity index (χ3n) is 5.94. The molecule has 1 aliphatic heterocycles. The lowest BCUT2D eigenvalue weighted by molar-refractivity contribution is -0.131. The number of nitrogens with zero attached hydrogens (tertiary/aromatic N) is 2. The summed E-state index contributed by atoms with van der Waals surface area (Å²) in [6, 6.07) is 24.3. The number of likely N-dealkylation sites (N-methyl/N-ethyl adjacent to an activating group) is 1. The molecule has 0 saturated carbocycles. The van der Waals surface area contributed by atoms with Crippen molar-refractivity contribution in [3.05, 3.63) is 89.5 Å². The van der Waals surface area contributed by atoms with Crippen LogP contribution in [0, 0.1) is 0 Å². The first-order chi connectivity index (χ1) is 14.6. The van der Waals surface area contributed by atoms with Gasteiger partial charge in [-0.1, -0.05) is 48.5 Å². The van der Waals surface area contributed by atoms with E-state index in [1.54, 1.807) is 12.0 Å². The molecule has 0 N–H and O–H groups in total. The van der Waals surface area contributed by atoms with Crippen molar-refractivity contribution >= 4 is 17.3 Å². The Labute approximate surface area is 178 Å². The summed E-state index contributed by atoms with van der Waals surface area (Å²) in [6.07, 6.45) is 1.91. The highest BCUT2D eigenvalue weighted by atomic mass is 16.5. The van der Waals surface area contributed by atoms with Gasteiger partial charge in [-0.15, -0.1) is 0 Å². The van der Waals surface area contributed by atoms with E-state index in [0.29, 0.717) is 6.54 Å². The van der Waals surface area contributed by atoms with Gasteiger partial charge in [0.15, 0.2) is 0 Å². The molecule has 4 heteroatoms. The van der Waals surface area contributed by atoms with Crippen LogP contribution in [0.3, 0.4) is 0 Å². The van der Waals surface area contributed by atoms with Gasteiger partial charge in [-0.25, -0.2) is 0 Å². The predicted octanol–water partition coefficient (Wildman–Crippen LogP) is 5.15. The SMILES string of the molecule is CCN(C)C(=O)C(c1ccc(OC)cc1)N1c2ccccc2CCc2ccccc21. The number of hydrogen-bond acceptors (Lipinski definition) is 3. The monoisotopic (exact) mass is 400 g/mol. The summed E-state index contributed by atoms with van der Waals surface area (Å²) in [5, 5.41) is 0. The minimum atomic E-state index is -0.457. The van der Waals surface area contributed by atoms with Crippen LogP contribution in [0.5, 0.6) is 5.75 Å². The summed E-state index contributed by atoms with van der Waals surface area (Å²) in [4.78, 5) is 17.7. The molecule has 0 fully saturated rings. The molecule has 1 atom stereocenters. The van der Waals surface area contributed by atoms with E-state index in [-0.39, 0.29) is 5.91 Å². The maximum atomic E-state index is 13.7. The van der Waals surface area contributed by atoms with Crippen molar-refractivity contribution in [2.75, 3.05) is 25.6 Å².